The second-order valence-corrected chi connectivity index (χ2v) is 8.17. The summed E-state index contributed by atoms with van der Waals surface area (Å²) in [4.78, 5) is 26.3. The summed E-state index contributed by atoms with van der Waals surface area (Å²) in [7, 11) is 0. The molecule has 0 unspecified atom stereocenters. The number of hydrogen-bond donors (Lipinski definition) is 3. The molecule has 2 amide bonds. The van der Waals surface area contributed by atoms with E-state index in [1.165, 1.54) is 24.3 Å². The quantitative estimate of drug-likeness (QED) is 0.730. The SMILES string of the molecule is CC(C)[C@@H]1C[C@@H](C(=O)Nc2ccc(F)cc2)[C@]2(N1)C(=O)Nc1ccc(Cl)cc12. The average molecular weight is 402 g/mol. The molecule has 146 valence electrons. The van der Waals surface area contributed by atoms with Crippen LogP contribution in [0.4, 0.5) is 15.8 Å². The number of hydrogen-bond acceptors (Lipinski definition) is 3. The number of carbonyl (C=O) groups excluding carboxylic acids is 2. The van der Waals surface area contributed by atoms with Crippen LogP contribution in [0.3, 0.4) is 0 Å². The highest BCUT2D eigenvalue weighted by Crippen LogP contribution is 2.48. The van der Waals surface area contributed by atoms with Gasteiger partial charge in [0.2, 0.25) is 11.8 Å². The second kappa shape index (κ2) is 6.87. The van der Waals surface area contributed by atoms with E-state index in [0.29, 0.717) is 28.4 Å². The van der Waals surface area contributed by atoms with Gasteiger partial charge in [0.15, 0.2) is 0 Å². The number of rotatable bonds is 3. The van der Waals surface area contributed by atoms with Crippen molar-refractivity contribution in [2.24, 2.45) is 11.8 Å². The number of fused-ring (bicyclic) bond motifs is 2. The monoisotopic (exact) mass is 401 g/mol. The molecular formula is C21H21ClFN3O2. The standard InChI is InChI=1S/C21H21ClFN3O2/c1-11(2)18-10-16(19(27)24-14-6-4-13(23)5-7-14)21(26-18)15-9-12(22)3-8-17(15)25-20(21)28/h3-9,11,16,18,26H,10H2,1-2H3,(H,24,27)(H,25,28)/t16-,18-,21-/m0/s1. The zero-order valence-electron chi connectivity index (χ0n) is 15.6. The predicted molar refractivity (Wildman–Crippen MR) is 107 cm³/mol. The lowest BCUT2D eigenvalue weighted by atomic mass is 9.79. The molecule has 2 aromatic carbocycles. The van der Waals surface area contributed by atoms with Gasteiger partial charge in [-0.1, -0.05) is 25.4 Å². The number of amides is 2. The van der Waals surface area contributed by atoms with E-state index in [4.69, 9.17) is 11.6 Å². The van der Waals surface area contributed by atoms with Crippen molar-refractivity contribution in [3.63, 3.8) is 0 Å². The Hall–Kier alpha value is -2.44. The summed E-state index contributed by atoms with van der Waals surface area (Å²) >= 11 is 6.20. The average Bonchev–Trinajstić information content (AvgIpc) is 3.18. The van der Waals surface area contributed by atoms with Gasteiger partial charge in [-0.05, 0) is 54.8 Å². The zero-order valence-corrected chi connectivity index (χ0v) is 16.3. The van der Waals surface area contributed by atoms with E-state index < -0.39 is 11.5 Å². The predicted octanol–water partition coefficient (Wildman–Crippen LogP) is 3.90. The van der Waals surface area contributed by atoms with Gasteiger partial charge in [-0.15, -0.1) is 0 Å². The van der Waals surface area contributed by atoms with Gasteiger partial charge in [0.1, 0.15) is 11.4 Å². The Kier molecular flexibility index (Phi) is 4.63. The lowest BCUT2D eigenvalue weighted by Gasteiger charge is -2.29. The van der Waals surface area contributed by atoms with Crippen LogP contribution in [0.25, 0.3) is 0 Å². The van der Waals surface area contributed by atoms with Gasteiger partial charge in [-0.2, -0.15) is 0 Å². The van der Waals surface area contributed by atoms with Crippen LogP contribution >= 0.6 is 11.6 Å². The first-order chi connectivity index (χ1) is 13.3. The Balaban J connectivity index is 1.74. The third-order valence-electron chi connectivity index (χ3n) is 5.67. The van der Waals surface area contributed by atoms with Gasteiger partial charge >= 0.3 is 0 Å². The molecule has 0 aliphatic carbocycles. The summed E-state index contributed by atoms with van der Waals surface area (Å²) in [5.74, 6) is -1.32. The van der Waals surface area contributed by atoms with Crippen LogP contribution in [-0.4, -0.2) is 17.9 Å². The Morgan fingerprint density at radius 1 is 1.25 bits per heavy atom. The molecule has 2 heterocycles. The van der Waals surface area contributed by atoms with Crippen molar-refractivity contribution in [3.05, 3.63) is 58.9 Å². The van der Waals surface area contributed by atoms with Gasteiger partial charge in [-0.25, -0.2) is 4.39 Å². The largest absolute Gasteiger partial charge is 0.326 e. The van der Waals surface area contributed by atoms with Crippen molar-refractivity contribution in [1.82, 2.24) is 5.32 Å². The third-order valence-corrected chi connectivity index (χ3v) is 5.91. The molecule has 1 fully saturated rings. The Morgan fingerprint density at radius 2 is 1.96 bits per heavy atom. The summed E-state index contributed by atoms with van der Waals surface area (Å²) in [5, 5.41) is 9.65. The third kappa shape index (κ3) is 2.97. The summed E-state index contributed by atoms with van der Waals surface area (Å²) in [5.41, 5.74) is 0.650. The Morgan fingerprint density at radius 3 is 2.64 bits per heavy atom. The molecule has 3 atom stereocenters. The number of halogens is 2. The summed E-state index contributed by atoms with van der Waals surface area (Å²) in [6.07, 6.45) is 0.504. The summed E-state index contributed by atoms with van der Waals surface area (Å²) in [6.45, 7) is 4.11. The number of anilines is 2. The molecule has 5 nitrogen and oxygen atoms in total. The van der Waals surface area contributed by atoms with E-state index in [2.05, 4.69) is 29.8 Å². The molecule has 2 aliphatic heterocycles. The van der Waals surface area contributed by atoms with Crippen LogP contribution in [0.1, 0.15) is 25.8 Å². The molecule has 7 heteroatoms. The fourth-order valence-corrected chi connectivity index (χ4v) is 4.34. The minimum Gasteiger partial charge on any atom is -0.326 e. The molecule has 0 bridgehead atoms. The molecule has 0 aromatic heterocycles. The van der Waals surface area contributed by atoms with E-state index in [0.717, 1.165) is 0 Å². The van der Waals surface area contributed by atoms with E-state index in [1.807, 2.05) is 0 Å². The van der Waals surface area contributed by atoms with E-state index in [-0.39, 0.29) is 29.6 Å². The Labute approximate surface area is 167 Å². The molecule has 28 heavy (non-hydrogen) atoms. The van der Waals surface area contributed by atoms with Crippen LogP contribution < -0.4 is 16.0 Å². The van der Waals surface area contributed by atoms with Crippen LogP contribution in [0.2, 0.25) is 5.02 Å². The maximum Gasteiger partial charge on any atom is 0.250 e. The van der Waals surface area contributed by atoms with Crippen molar-refractivity contribution in [3.8, 4) is 0 Å². The normalized spacial score (nSPS) is 25.8. The van der Waals surface area contributed by atoms with Crippen molar-refractivity contribution in [1.29, 1.82) is 0 Å². The highest BCUT2D eigenvalue weighted by Gasteiger charge is 2.60. The molecule has 4 rings (SSSR count). The molecule has 0 saturated carbocycles. The lowest BCUT2D eigenvalue weighted by molar-refractivity contribution is -0.130. The van der Waals surface area contributed by atoms with E-state index in [9.17, 15) is 14.0 Å². The molecule has 3 N–H and O–H groups in total. The summed E-state index contributed by atoms with van der Waals surface area (Å²) < 4.78 is 13.2. The van der Waals surface area contributed by atoms with Crippen LogP contribution in [0.15, 0.2) is 42.5 Å². The minimum absolute atomic E-state index is 0.0142. The minimum atomic E-state index is -1.18. The number of carbonyl (C=O) groups is 2. The molecule has 0 radical (unpaired) electrons. The first-order valence-corrected chi connectivity index (χ1v) is 9.64. The fourth-order valence-electron chi connectivity index (χ4n) is 4.17. The fraction of sp³-hybridized carbons (Fsp3) is 0.333. The maximum absolute atomic E-state index is 13.2. The highest BCUT2D eigenvalue weighted by molar-refractivity contribution is 6.31. The van der Waals surface area contributed by atoms with Crippen LogP contribution in [0.5, 0.6) is 0 Å². The smallest absolute Gasteiger partial charge is 0.250 e. The molecule has 2 aliphatic rings. The van der Waals surface area contributed by atoms with Gasteiger partial charge in [-0.3, -0.25) is 14.9 Å². The summed E-state index contributed by atoms with van der Waals surface area (Å²) in [6, 6.07) is 10.8. The van der Waals surface area contributed by atoms with Gasteiger partial charge in [0, 0.05) is 28.0 Å². The van der Waals surface area contributed by atoms with Crippen molar-refractivity contribution in [2.75, 3.05) is 10.6 Å². The van der Waals surface area contributed by atoms with Gasteiger partial charge < -0.3 is 10.6 Å². The van der Waals surface area contributed by atoms with Crippen molar-refractivity contribution in [2.45, 2.75) is 31.8 Å². The molecule has 1 spiro atoms. The number of benzene rings is 2. The van der Waals surface area contributed by atoms with E-state index in [1.54, 1.807) is 18.2 Å². The zero-order chi connectivity index (χ0) is 20.1. The van der Waals surface area contributed by atoms with Gasteiger partial charge in [0.05, 0.1) is 5.92 Å². The first-order valence-electron chi connectivity index (χ1n) is 9.27. The van der Waals surface area contributed by atoms with E-state index >= 15 is 0 Å². The lowest BCUT2D eigenvalue weighted by Crippen LogP contribution is -2.52. The topological polar surface area (TPSA) is 70.2 Å². The van der Waals surface area contributed by atoms with Crippen molar-refractivity contribution >= 4 is 34.8 Å². The molecule has 2 aromatic rings. The van der Waals surface area contributed by atoms with Crippen LogP contribution in [0, 0.1) is 17.7 Å². The van der Waals surface area contributed by atoms with Crippen LogP contribution in [-0.2, 0) is 15.1 Å². The Bertz CT molecular complexity index is 947. The maximum atomic E-state index is 13.2. The highest BCUT2D eigenvalue weighted by atomic mass is 35.5. The molecular weight excluding hydrogens is 381 g/mol. The number of nitrogens with one attached hydrogen (secondary N) is 3. The molecule has 1 saturated heterocycles. The first kappa shape index (κ1) is 18.9. The van der Waals surface area contributed by atoms with Crippen molar-refractivity contribution < 1.29 is 14.0 Å². The van der Waals surface area contributed by atoms with Gasteiger partial charge in [0.25, 0.3) is 0 Å². The second-order valence-electron chi connectivity index (χ2n) is 7.73.